The zero-order valence-electron chi connectivity index (χ0n) is 13.4. The van der Waals surface area contributed by atoms with E-state index in [0.717, 1.165) is 30.7 Å². The van der Waals surface area contributed by atoms with Crippen LogP contribution in [-0.2, 0) is 6.54 Å². The molecule has 1 saturated carbocycles. The Morgan fingerprint density at radius 1 is 1.33 bits per heavy atom. The summed E-state index contributed by atoms with van der Waals surface area (Å²) in [6.45, 7) is 1.34. The number of aromatic nitrogens is 2. The molecule has 5 nitrogen and oxygen atoms in total. The number of amides is 1. The van der Waals surface area contributed by atoms with Gasteiger partial charge in [-0.1, -0.05) is 30.2 Å². The van der Waals surface area contributed by atoms with Gasteiger partial charge in [-0.05, 0) is 42.9 Å². The molecule has 2 aliphatic rings. The predicted octanol–water partition coefficient (Wildman–Crippen LogP) is 3.39. The van der Waals surface area contributed by atoms with Crippen molar-refractivity contribution in [3.63, 3.8) is 0 Å². The maximum atomic E-state index is 12.5. The molecule has 2 aromatic rings. The Balaban J connectivity index is 1.41. The highest BCUT2D eigenvalue weighted by molar-refractivity contribution is 6.30. The molecule has 2 unspecified atom stereocenters. The first kappa shape index (κ1) is 15.5. The van der Waals surface area contributed by atoms with E-state index in [9.17, 15) is 4.79 Å². The van der Waals surface area contributed by atoms with E-state index in [1.54, 1.807) is 10.7 Å². The van der Waals surface area contributed by atoms with Crippen molar-refractivity contribution in [1.29, 1.82) is 0 Å². The van der Waals surface area contributed by atoms with Gasteiger partial charge in [0.05, 0.1) is 6.54 Å². The van der Waals surface area contributed by atoms with Crippen LogP contribution in [0, 0.1) is 0 Å². The average Bonchev–Trinajstić information content (AvgIpc) is 3.17. The van der Waals surface area contributed by atoms with Crippen LogP contribution in [0.4, 0.5) is 0 Å². The van der Waals surface area contributed by atoms with Gasteiger partial charge in [-0.15, -0.1) is 0 Å². The molecular weight excluding hydrogens is 326 g/mol. The monoisotopic (exact) mass is 345 g/mol. The van der Waals surface area contributed by atoms with Crippen molar-refractivity contribution in [3.05, 3.63) is 46.6 Å². The van der Waals surface area contributed by atoms with Crippen LogP contribution in [0.3, 0.4) is 0 Å². The number of halogens is 1. The maximum absolute atomic E-state index is 12.5. The number of nitrogens with one attached hydrogen (secondary N) is 1. The second-order valence-electron chi connectivity index (χ2n) is 6.53. The van der Waals surface area contributed by atoms with E-state index in [1.165, 1.54) is 5.56 Å². The Morgan fingerprint density at radius 2 is 2.25 bits per heavy atom. The number of nitrogens with zero attached hydrogens (tertiary/aromatic N) is 2. The van der Waals surface area contributed by atoms with Crippen molar-refractivity contribution in [2.24, 2.45) is 0 Å². The largest absolute Gasteiger partial charge is 0.476 e. The van der Waals surface area contributed by atoms with Crippen LogP contribution in [0.5, 0.6) is 5.88 Å². The van der Waals surface area contributed by atoms with Crippen molar-refractivity contribution >= 4 is 17.5 Å². The molecule has 0 bridgehead atoms. The molecule has 4 rings (SSSR count). The lowest BCUT2D eigenvalue weighted by molar-refractivity contribution is 0.0919. The number of fused-ring (bicyclic) bond motifs is 1. The number of carbonyl (C=O) groups excluding carboxylic acids is 1. The van der Waals surface area contributed by atoms with Crippen LogP contribution in [-0.4, -0.2) is 28.3 Å². The third-order valence-corrected chi connectivity index (χ3v) is 5.09. The molecule has 1 aliphatic carbocycles. The highest BCUT2D eigenvalue weighted by Crippen LogP contribution is 2.34. The lowest BCUT2D eigenvalue weighted by atomic mass is 9.81. The Bertz CT molecular complexity index is 737. The molecule has 1 fully saturated rings. The van der Waals surface area contributed by atoms with Crippen molar-refractivity contribution in [2.45, 2.75) is 44.2 Å². The number of hydrogen-bond acceptors (Lipinski definition) is 3. The first-order valence-corrected chi connectivity index (χ1v) is 8.84. The van der Waals surface area contributed by atoms with Gasteiger partial charge in [0, 0.05) is 17.1 Å². The summed E-state index contributed by atoms with van der Waals surface area (Å²) in [6, 6.07) is 9.94. The Hall–Kier alpha value is -2.01. The van der Waals surface area contributed by atoms with Gasteiger partial charge in [0.1, 0.15) is 6.61 Å². The van der Waals surface area contributed by atoms with E-state index in [4.69, 9.17) is 16.3 Å². The van der Waals surface area contributed by atoms with Crippen LogP contribution in [0.25, 0.3) is 0 Å². The normalized spacial score (nSPS) is 22.7. The van der Waals surface area contributed by atoms with Crippen molar-refractivity contribution in [2.75, 3.05) is 6.61 Å². The maximum Gasteiger partial charge on any atom is 0.272 e. The summed E-state index contributed by atoms with van der Waals surface area (Å²) in [4.78, 5) is 12.5. The third kappa shape index (κ3) is 3.13. The second kappa shape index (κ2) is 6.48. The summed E-state index contributed by atoms with van der Waals surface area (Å²) in [5, 5.41) is 8.21. The molecular formula is C18H20ClN3O2. The summed E-state index contributed by atoms with van der Waals surface area (Å²) >= 11 is 6.11. The van der Waals surface area contributed by atoms with Crippen molar-refractivity contribution in [1.82, 2.24) is 15.1 Å². The van der Waals surface area contributed by atoms with Gasteiger partial charge in [-0.25, -0.2) is 4.68 Å². The van der Waals surface area contributed by atoms with Gasteiger partial charge in [-0.3, -0.25) is 4.79 Å². The average molecular weight is 346 g/mol. The molecule has 0 saturated heterocycles. The number of benzene rings is 1. The Kier molecular flexibility index (Phi) is 4.19. The van der Waals surface area contributed by atoms with E-state index >= 15 is 0 Å². The van der Waals surface area contributed by atoms with Crippen LogP contribution in [0.2, 0.25) is 5.02 Å². The van der Waals surface area contributed by atoms with Gasteiger partial charge >= 0.3 is 0 Å². The summed E-state index contributed by atoms with van der Waals surface area (Å²) < 4.78 is 7.15. The third-order valence-electron chi connectivity index (χ3n) is 4.86. The number of ether oxygens (including phenoxy) is 1. The molecule has 1 N–H and O–H groups in total. The summed E-state index contributed by atoms with van der Waals surface area (Å²) in [6.07, 6.45) is 4.19. The fourth-order valence-electron chi connectivity index (χ4n) is 3.67. The van der Waals surface area contributed by atoms with Gasteiger partial charge in [0.15, 0.2) is 5.69 Å². The van der Waals surface area contributed by atoms with E-state index < -0.39 is 0 Å². The molecule has 1 amide bonds. The molecule has 1 aromatic heterocycles. The summed E-state index contributed by atoms with van der Waals surface area (Å²) in [5.74, 6) is 1.01. The molecule has 6 heteroatoms. The fraction of sp³-hybridized carbons (Fsp3) is 0.444. The lowest BCUT2D eigenvalue weighted by Crippen LogP contribution is -2.38. The van der Waals surface area contributed by atoms with Crippen molar-refractivity contribution in [3.8, 4) is 5.88 Å². The van der Waals surface area contributed by atoms with Crippen LogP contribution >= 0.6 is 11.6 Å². The second-order valence-corrected chi connectivity index (χ2v) is 6.96. The minimum absolute atomic E-state index is 0.114. The van der Waals surface area contributed by atoms with E-state index in [-0.39, 0.29) is 11.9 Å². The minimum atomic E-state index is -0.114. The standard InChI is InChI=1S/C18H20ClN3O2/c19-14-5-1-3-12(9-14)13-4-2-6-15(10-13)20-18(23)16-11-17-22(21-16)7-8-24-17/h1,3,5,9,11,13,15H,2,4,6-8,10H2,(H,20,23). The first-order valence-electron chi connectivity index (χ1n) is 8.46. The van der Waals surface area contributed by atoms with Crippen LogP contribution in [0.15, 0.2) is 30.3 Å². The highest BCUT2D eigenvalue weighted by Gasteiger charge is 2.26. The zero-order chi connectivity index (χ0) is 16.5. The van der Waals surface area contributed by atoms with Crippen LogP contribution < -0.4 is 10.1 Å². The minimum Gasteiger partial charge on any atom is -0.476 e. The van der Waals surface area contributed by atoms with Gasteiger partial charge in [-0.2, -0.15) is 5.10 Å². The zero-order valence-corrected chi connectivity index (χ0v) is 14.1. The predicted molar refractivity (Wildman–Crippen MR) is 91.6 cm³/mol. The molecule has 2 atom stereocenters. The van der Waals surface area contributed by atoms with E-state index in [2.05, 4.69) is 16.5 Å². The van der Waals surface area contributed by atoms with E-state index in [1.807, 2.05) is 18.2 Å². The van der Waals surface area contributed by atoms with Crippen LogP contribution in [0.1, 0.15) is 47.7 Å². The molecule has 1 aromatic carbocycles. The number of hydrogen-bond donors (Lipinski definition) is 1. The fourth-order valence-corrected chi connectivity index (χ4v) is 3.87. The van der Waals surface area contributed by atoms with Gasteiger partial charge < -0.3 is 10.1 Å². The molecule has 24 heavy (non-hydrogen) atoms. The topological polar surface area (TPSA) is 56.2 Å². The molecule has 0 spiro atoms. The van der Waals surface area contributed by atoms with Gasteiger partial charge in [0.2, 0.25) is 5.88 Å². The Labute approximate surface area is 145 Å². The molecule has 126 valence electrons. The number of rotatable bonds is 3. The highest BCUT2D eigenvalue weighted by atomic mass is 35.5. The first-order chi connectivity index (χ1) is 11.7. The smallest absolute Gasteiger partial charge is 0.272 e. The van der Waals surface area contributed by atoms with Gasteiger partial charge in [0.25, 0.3) is 5.91 Å². The number of carbonyl (C=O) groups is 1. The lowest BCUT2D eigenvalue weighted by Gasteiger charge is -2.30. The molecule has 0 radical (unpaired) electrons. The molecule has 2 heterocycles. The summed E-state index contributed by atoms with van der Waals surface area (Å²) in [5.41, 5.74) is 1.70. The summed E-state index contributed by atoms with van der Waals surface area (Å²) in [7, 11) is 0. The quantitative estimate of drug-likeness (QED) is 0.927. The SMILES string of the molecule is O=C(NC1CCCC(c2cccc(Cl)c2)C1)c1cc2n(n1)CCO2. The van der Waals surface area contributed by atoms with Crippen molar-refractivity contribution < 1.29 is 9.53 Å². The van der Waals surface area contributed by atoms with E-state index in [0.29, 0.717) is 30.6 Å². The molecule has 1 aliphatic heterocycles. The Morgan fingerprint density at radius 3 is 3.08 bits per heavy atom.